The van der Waals surface area contributed by atoms with Crippen LogP contribution in [0.15, 0.2) is 30.5 Å². The number of likely N-dealkylation sites (N-methyl/N-ethyl adjacent to an activating group) is 1. The van der Waals surface area contributed by atoms with Crippen molar-refractivity contribution in [1.29, 1.82) is 5.26 Å². The molecule has 0 amide bonds. The fraction of sp³-hybridized carbons (Fsp3) is 0.400. The van der Waals surface area contributed by atoms with Crippen LogP contribution in [0.5, 0.6) is 0 Å². The molecule has 0 aliphatic rings. The summed E-state index contributed by atoms with van der Waals surface area (Å²) in [6.45, 7) is 1.84. The van der Waals surface area contributed by atoms with Crippen molar-refractivity contribution in [3.63, 3.8) is 0 Å². The minimum Gasteiger partial charge on any atom is -0.350 e. The molecule has 18 heavy (non-hydrogen) atoms. The maximum absolute atomic E-state index is 8.57. The summed E-state index contributed by atoms with van der Waals surface area (Å²) in [7, 11) is 4.16. The summed E-state index contributed by atoms with van der Waals surface area (Å²) in [5, 5.41) is 9.91. The molecule has 0 bridgehead atoms. The lowest BCUT2D eigenvalue weighted by molar-refractivity contribution is 0.347. The number of nitriles is 1. The molecule has 0 spiro atoms. The van der Waals surface area contributed by atoms with E-state index in [9.17, 15) is 0 Å². The molecule has 1 aromatic carbocycles. The minimum atomic E-state index is 0.603. The van der Waals surface area contributed by atoms with Gasteiger partial charge in [0.2, 0.25) is 0 Å². The number of aromatic nitrogens is 1. The van der Waals surface area contributed by atoms with Crippen molar-refractivity contribution in [2.45, 2.75) is 12.8 Å². The predicted octanol–water partition coefficient (Wildman–Crippen LogP) is 2.57. The van der Waals surface area contributed by atoms with Crippen molar-refractivity contribution in [3.05, 3.63) is 36.0 Å². The number of aryl methyl sites for hydroxylation is 1. The van der Waals surface area contributed by atoms with Gasteiger partial charge in [0.15, 0.2) is 0 Å². The Balaban J connectivity index is 2.06. The maximum Gasteiger partial charge on any atom is 0.0635 e. The highest BCUT2D eigenvalue weighted by Gasteiger charge is 2.06. The number of benzene rings is 1. The Morgan fingerprint density at radius 3 is 2.83 bits per heavy atom. The number of para-hydroxylation sites is 1. The van der Waals surface area contributed by atoms with Crippen molar-refractivity contribution in [3.8, 4) is 6.07 Å². The summed E-state index contributed by atoms with van der Waals surface area (Å²) in [6, 6.07) is 10.7. The van der Waals surface area contributed by atoms with Crippen LogP contribution in [0.2, 0.25) is 0 Å². The van der Waals surface area contributed by atoms with Crippen LogP contribution in [0.25, 0.3) is 10.9 Å². The zero-order valence-corrected chi connectivity index (χ0v) is 11.1. The van der Waals surface area contributed by atoms with Crippen LogP contribution in [0.3, 0.4) is 0 Å². The quantitative estimate of drug-likeness (QED) is 0.805. The molecule has 0 fully saturated rings. The number of nitrogens with zero attached hydrogens (tertiary/aromatic N) is 3. The van der Waals surface area contributed by atoms with E-state index in [4.69, 9.17) is 5.26 Å². The number of fused-ring (bicyclic) bond motifs is 1. The molecule has 1 aromatic heterocycles. The molecule has 94 valence electrons. The molecule has 3 heteroatoms. The topological polar surface area (TPSA) is 32.0 Å². The highest BCUT2D eigenvalue weighted by molar-refractivity contribution is 5.83. The summed E-state index contributed by atoms with van der Waals surface area (Å²) in [4.78, 5) is 2.21. The first-order chi connectivity index (χ1) is 8.72. The van der Waals surface area contributed by atoms with Gasteiger partial charge < -0.3 is 9.47 Å². The van der Waals surface area contributed by atoms with Crippen LogP contribution in [0, 0.1) is 11.3 Å². The van der Waals surface area contributed by atoms with Crippen molar-refractivity contribution in [2.24, 2.45) is 7.05 Å². The van der Waals surface area contributed by atoms with Crippen LogP contribution in [0.4, 0.5) is 0 Å². The zero-order chi connectivity index (χ0) is 13.0. The molecule has 0 saturated heterocycles. The van der Waals surface area contributed by atoms with Gasteiger partial charge in [0.1, 0.15) is 0 Å². The smallest absolute Gasteiger partial charge is 0.0635 e. The number of hydrogen-bond acceptors (Lipinski definition) is 2. The van der Waals surface area contributed by atoms with E-state index >= 15 is 0 Å². The van der Waals surface area contributed by atoms with E-state index in [1.54, 1.807) is 0 Å². The van der Waals surface area contributed by atoms with E-state index in [0.717, 1.165) is 19.5 Å². The molecular weight excluding hydrogens is 222 g/mol. The van der Waals surface area contributed by atoms with Crippen molar-refractivity contribution >= 4 is 10.9 Å². The molecule has 0 unspecified atom stereocenters. The minimum absolute atomic E-state index is 0.603. The van der Waals surface area contributed by atoms with Crippen LogP contribution in [-0.2, 0) is 13.5 Å². The fourth-order valence-corrected chi connectivity index (χ4v) is 2.29. The second-order valence-corrected chi connectivity index (χ2v) is 4.74. The van der Waals surface area contributed by atoms with Gasteiger partial charge >= 0.3 is 0 Å². The van der Waals surface area contributed by atoms with E-state index in [2.05, 4.69) is 60.1 Å². The Hall–Kier alpha value is -1.79. The van der Waals surface area contributed by atoms with Crippen molar-refractivity contribution in [1.82, 2.24) is 9.47 Å². The van der Waals surface area contributed by atoms with E-state index in [-0.39, 0.29) is 0 Å². The van der Waals surface area contributed by atoms with Gasteiger partial charge in [0.25, 0.3) is 0 Å². The molecule has 0 atom stereocenters. The summed E-state index contributed by atoms with van der Waals surface area (Å²) in [5.74, 6) is 0. The summed E-state index contributed by atoms with van der Waals surface area (Å²) < 4.78 is 2.18. The lowest BCUT2D eigenvalue weighted by atomic mass is 10.1. The average Bonchev–Trinajstić information content (AvgIpc) is 2.71. The van der Waals surface area contributed by atoms with E-state index in [1.807, 2.05) is 0 Å². The molecule has 0 saturated carbocycles. The Labute approximate surface area is 108 Å². The van der Waals surface area contributed by atoms with Gasteiger partial charge in [-0.3, -0.25) is 0 Å². The van der Waals surface area contributed by atoms with E-state index in [0.29, 0.717) is 6.42 Å². The molecule has 2 aromatic rings. The van der Waals surface area contributed by atoms with Crippen molar-refractivity contribution in [2.75, 3.05) is 20.1 Å². The molecule has 0 aliphatic heterocycles. The van der Waals surface area contributed by atoms with Gasteiger partial charge in [-0.25, -0.2) is 0 Å². The Bertz CT molecular complexity index is 563. The molecule has 1 heterocycles. The van der Waals surface area contributed by atoms with Crippen molar-refractivity contribution < 1.29 is 0 Å². The third kappa shape index (κ3) is 2.72. The largest absolute Gasteiger partial charge is 0.350 e. The van der Waals surface area contributed by atoms with E-state index < -0.39 is 0 Å². The van der Waals surface area contributed by atoms with Gasteiger partial charge in [-0.05, 0) is 25.1 Å². The third-order valence-electron chi connectivity index (χ3n) is 3.35. The molecule has 3 nitrogen and oxygen atoms in total. The van der Waals surface area contributed by atoms with Gasteiger partial charge in [-0.1, -0.05) is 18.2 Å². The first kappa shape index (κ1) is 12.7. The first-order valence-corrected chi connectivity index (χ1v) is 6.31. The maximum atomic E-state index is 8.57. The third-order valence-corrected chi connectivity index (χ3v) is 3.35. The predicted molar refractivity (Wildman–Crippen MR) is 74.4 cm³/mol. The SMILES string of the molecule is CN(CCC#N)CCc1cn(C)c2ccccc12. The highest BCUT2D eigenvalue weighted by atomic mass is 15.1. The lowest BCUT2D eigenvalue weighted by Gasteiger charge is -2.13. The Morgan fingerprint density at radius 2 is 2.06 bits per heavy atom. The normalized spacial score (nSPS) is 11.0. The standard InChI is InChI=1S/C15H19N3/c1-17(10-5-9-16)11-8-13-12-18(2)15-7-4-3-6-14(13)15/h3-4,6-7,12H,5,8,10-11H2,1-2H3. The summed E-state index contributed by atoms with van der Waals surface area (Å²) in [6.07, 6.45) is 3.85. The first-order valence-electron chi connectivity index (χ1n) is 6.31. The molecule has 0 aliphatic carbocycles. The highest BCUT2D eigenvalue weighted by Crippen LogP contribution is 2.20. The van der Waals surface area contributed by atoms with Gasteiger partial charge in [0, 0.05) is 43.7 Å². The number of hydrogen-bond donors (Lipinski definition) is 0. The molecule has 0 N–H and O–H groups in total. The zero-order valence-electron chi connectivity index (χ0n) is 11.1. The van der Waals surface area contributed by atoms with Crippen LogP contribution >= 0.6 is 0 Å². The lowest BCUT2D eigenvalue weighted by Crippen LogP contribution is -2.22. The average molecular weight is 241 g/mol. The van der Waals surface area contributed by atoms with E-state index in [1.165, 1.54) is 16.5 Å². The fourth-order valence-electron chi connectivity index (χ4n) is 2.29. The molecule has 0 radical (unpaired) electrons. The molecular formula is C15H19N3. The Morgan fingerprint density at radius 1 is 1.28 bits per heavy atom. The van der Waals surface area contributed by atoms with Crippen LogP contribution in [0.1, 0.15) is 12.0 Å². The second kappa shape index (κ2) is 5.70. The number of rotatable bonds is 5. The summed E-state index contributed by atoms with van der Waals surface area (Å²) >= 11 is 0. The second-order valence-electron chi connectivity index (χ2n) is 4.74. The molecule has 2 rings (SSSR count). The Kier molecular flexibility index (Phi) is 4.01. The van der Waals surface area contributed by atoms with Crippen LogP contribution < -0.4 is 0 Å². The van der Waals surface area contributed by atoms with Gasteiger partial charge in [-0.15, -0.1) is 0 Å². The summed E-state index contributed by atoms with van der Waals surface area (Å²) in [5.41, 5.74) is 2.67. The van der Waals surface area contributed by atoms with Gasteiger partial charge in [-0.2, -0.15) is 5.26 Å². The van der Waals surface area contributed by atoms with Crippen LogP contribution in [-0.4, -0.2) is 29.6 Å². The monoisotopic (exact) mass is 241 g/mol. The van der Waals surface area contributed by atoms with Gasteiger partial charge in [0.05, 0.1) is 6.07 Å².